The molecule has 2 atom stereocenters. The first kappa shape index (κ1) is 14.1. The quantitative estimate of drug-likeness (QED) is 0.598. The van der Waals surface area contributed by atoms with Crippen molar-refractivity contribution in [3.05, 3.63) is 6.33 Å². The molecular formula is C11H19N3O2S. The van der Waals surface area contributed by atoms with Crippen LogP contribution in [0.3, 0.4) is 0 Å². The molecule has 5 nitrogen and oxygen atoms in total. The number of hydrogen-bond donors (Lipinski definition) is 2. The van der Waals surface area contributed by atoms with Crippen LogP contribution in [-0.2, 0) is 0 Å². The van der Waals surface area contributed by atoms with Crippen LogP contribution in [0.2, 0.25) is 0 Å². The van der Waals surface area contributed by atoms with E-state index in [-0.39, 0.29) is 5.25 Å². The predicted molar refractivity (Wildman–Crippen MR) is 69.7 cm³/mol. The van der Waals surface area contributed by atoms with Crippen molar-refractivity contribution in [3.8, 4) is 5.75 Å². The Hall–Kier alpha value is -1.01. The Morgan fingerprint density at radius 3 is 2.71 bits per heavy atom. The van der Waals surface area contributed by atoms with Crippen LogP contribution in [0.25, 0.3) is 0 Å². The highest BCUT2D eigenvalue weighted by Gasteiger charge is 2.17. The molecule has 2 unspecified atom stereocenters. The average molecular weight is 257 g/mol. The number of ether oxygens (including phenoxy) is 1. The Labute approximate surface area is 106 Å². The molecule has 1 aromatic rings. The molecule has 0 aliphatic heterocycles. The standard InChI is InChI=1S/C11H19N3O2S/c1-5-12-10-9(16-4)11(14-6-13-10)17-8(3)7(2)15/h6-8,15H,5H2,1-4H3,(H,12,13,14). The van der Waals surface area contributed by atoms with Crippen molar-refractivity contribution in [3.63, 3.8) is 0 Å². The number of nitrogens with zero attached hydrogens (tertiary/aromatic N) is 2. The van der Waals surface area contributed by atoms with Gasteiger partial charge in [-0.2, -0.15) is 0 Å². The molecule has 0 saturated carbocycles. The normalized spacial score (nSPS) is 14.2. The van der Waals surface area contributed by atoms with Gasteiger partial charge in [-0.15, -0.1) is 0 Å². The van der Waals surface area contributed by atoms with Gasteiger partial charge in [-0.05, 0) is 13.8 Å². The minimum absolute atomic E-state index is 0.0493. The second-order valence-electron chi connectivity index (χ2n) is 3.65. The molecule has 96 valence electrons. The number of rotatable bonds is 6. The van der Waals surface area contributed by atoms with Crippen molar-refractivity contribution < 1.29 is 9.84 Å². The van der Waals surface area contributed by atoms with Crippen molar-refractivity contribution in [1.82, 2.24) is 9.97 Å². The zero-order valence-corrected chi connectivity index (χ0v) is 11.4. The van der Waals surface area contributed by atoms with Gasteiger partial charge in [0, 0.05) is 11.8 Å². The molecule has 17 heavy (non-hydrogen) atoms. The Bertz CT molecular complexity index is 361. The van der Waals surface area contributed by atoms with E-state index in [1.807, 2.05) is 13.8 Å². The fraction of sp³-hybridized carbons (Fsp3) is 0.636. The number of aromatic nitrogens is 2. The fourth-order valence-corrected chi connectivity index (χ4v) is 2.14. The second-order valence-corrected chi connectivity index (χ2v) is 5.02. The molecule has 0 fully saturated rings. The Morgan fingerprint density at radius 1 is 1.47 bits per heavy atom. The lowest BCUT2D eigenvalue weighted by atomic mass is 10.3. The van der Waals surface area contributed by atoms with E-state index in [4.69, 9.17) is 4.74 Å². The van der Waals surface area contributed by atoms with E-state index in [1.165, 1.54) is 18.1 Å². The van der Waals surface area contributed by atoms with E-state index < -0.39 is 6.10 Å². The summed E-state index contributed by atoms with van der Waals surface area (Å²) >= 11 is 1.48. The van der Waals surface area contributed by atoms with E-state index in [1.54, 1.807) is 14.0 Å². The number of aliphatic hydroxyl groups excluding tert-OH is 1. The molecule has 1 heterocycles. The van der Waals surface area contributed by atoms with Crippen LogP contribution < -0.4 is 10.1 Å². The summed E-state index contributed by atoms with van der Waals surface area (Å²) in [6.07, 6.45) is 1.10. The van der Waals surface area contributed by atoms with Crippen molar-refractivity contribution in [1.29, 1.82) is 0 Å². The third kappa shape index (κ3) is 3.74. The fourth-order valence-electron chi connectivity index (χ4n) is 1.19. The summed E-state index contributed by atoms with van der Waals surface area (Å²) in [5.41, 5.74) is 0. The minimum Gasteiger partial charge on any atom is -0.490 e. The molecule has 1 aromatic heterocycles. The number of hydrogen-bond acceptors (Lipinski definition) is 6. The molecule has 1 rings (SSSR count). The molecular weight excluding hydrogens is 238 g/mol. The van der Waals surface area contributed by atoms with E-state index >= 15 is 0 Å². The summed E-state index contributed by atoms with van der Waals surface area (Å²) in [5, 5.41) is 13.4. The zero-order chi connectivity index (χ0) is 12.8. The van der Waals surface area contributed by atoms with Crippen LogP contribution in [0, 0.1) is 0 Å². The lowest BCUT2D eigenvalue weighted by Gasteiger charge is -2.16. The number of nitrogens with one attached hydrogen (secondary N) is 1. The van der Waals surface area contributed by atoms with E-state index in [0.717, 1.165) is 11.6 Å². The number of methoxy groups -OCH3 is 1. The highest BCUT2D eigenvalue weighted by molar-refractivity contribution is 8.00. The summed E-state index contributed by atoms with van der Waals surface area (Å²) < 4.78 is 5.32. The number of anilines is 1. The highest BCUT2D eigenvalue weighted by atomic mass is 32.2. The first-order chi connectivity index (χ1) is 8.10. The topological polar surface area (TPSA) is 67.3 Å². The van der Waals surface area contributed by atoms with Gasteiger partial charge in [0.25, 0.3) is 0 Å². The van der Waals surface area contributed by atoms with Gasteiger partial charge in [0.05, 0.1) is 13.2 Å². The largest absolute Gasteiger partial charge is 0.490 e. The van der Waals surface area contributed by atoms with Gasteiger partial charge in [-0.25, -0.2) is 9.97 Å². The van der Waals surface area contributed by atoms with Gasteiger partial charge in [0.1, 0.15) is 11.4 Å². The van der Waals surface area contributed by atoms with Gasteiger partial charge in [0.15, 0.2) is 11.6 Å². The van der Waals surface area contributed by atoms with E-state index in [2.05, 4.69) is 15.3 Å². The van der Waals surface area contributed by atoms with Crippen molar-refractivity contribution >= 4 is 17.6 Å². The Balaban J connectivity index is 2.94. The van der Waals surface area contributed by atoms with E-state index in [0.29, 0.717) is 11.6 Å². The Morgan fingerprint density at radius 2 is 2.18 bits per heavy atom. The lowest BCUT2D eigenvalue weighted by Crippen LogP contribution is -2.15. The maximum Gasteiger partial charge on any atom is 0.193 e. The smallest absolute Gasteiger partial charge is 0.193 e. The highest BCUT2D eigenvalue weighted by Crippen LogP contribution is 2.35. The van der Waals surface area contributed by atoms with E-state index in [9.17, 15) is 5.11 Å². The minimum atomic E-state index is -0.401. The summed E-state index contributed by atoms with van der Waals surface area (Å²) in [7, 11) is 1.59. The van der Waals surface area contributed by atoms with Crippen LogP contribution >= 0.6 is 11.8 Å². The Kier molecular flexibility index (Phi) is 5.50. The molecule has 0 aliphatic rings. The van der Waals surface area contributed by atoms with Crippen LogP contribution in [0.15, 0.2) is 11.4 Å². The average Bonchev–Trinajstić information content (AvgIpc) is 2.29. The van der Waals surface area contributed by atoms with Gasteiger partial charge < -0.3 is 15.2 Å². The van der Waals surface area contributed by atoms with Crippen LogP contribution in [0.4, 0.5) is 5.82 Å². The summed E-state index contributed by atoms with van der Waals surface area (Å²) in [6.45, 7) is 6.47. The van der Waals surface area contributed by atoms with Gasteiger partial charge in [0.2, 0.25) is 0 Å². The van der Waals surface area contributed by atoms with Crippen LogP contribution in [0.1, 0.15) is 20.8 Å². The summed E-state index contributed by atoms with van der Waals surface area (Å²) in [6, 6.07) is 0. The number of aliphatic hydroxyl groups is 1. The third-order valence-electron chi connectivity index (χ3n) is 2.30. The molecule has 0 spiro atoms. The maximum absolute atomic E-state index is 9.50. The SMILES string of the molecule is CCNc1ncnc(SC(C)C(C)O)c1OC. The molecule has 0 aliphatic carbocycles. The van der Waals surface area contributed by atoms with Crippen molar-refractivity contribution in [2.45, 2.75) is 37.2 Å². The third-order valence-corrected chi connectivity index (χ3v) is 3.58. The molecule has 0 aromatic carbocycles. The maximum atomic E-state index is 9.50. The first-order valence-corrected chi connectivity index (χ1v) is 6.45. The van der Waals surface area contributed by atoms with Crippen molar-refractivity contribution in [2.75, 3.05) is 19.0 Å². The second kappa shape index (κ2) is 6.66. The molecule has 0 radical (unpaired) electrons. The first-order valence-electron chi connectivity index (χ1n) is 5.57. The molecule has 6 heteroatoms. The summed E-state index contributed by atoms with van der Waals surface area (Å²) in [5.74, 6) is 1.32. The predicted octanol–water partition coefficient (Wildman–Crippen LogP) is 1.78. The van der Waals surface area contributed by atoms with Crippen LogP contribution in [-0.4, -0.2) is 40.1 Å². The van der Waals surface area contributed by atoms with Gasteiger partial charge in [-0.1, -0.05) is 18.7 Å². The van der Waals surface area contributed by atoms with Gasteiger partial charge >= 0.3 is 0 Å². The molecule has 2 N–H and O–H groups in total. The monoisotopic (exact) mass is 257 g/mol. The molecule has 0 saturated heterocycles. The number of thioether (sulfide) groups is 1. The van der Waals surface area contributed by atoms with Crippen LogP contribution in [0.5, 0.6) is 5.75 Å². The lowest BCUT2D eigenvalue weighted by molar-refractivity contribution is 0.196. The summed E-state index contributed by atoms with van der Waals surface area (Å²) in [4.78, 5) is 8.32. The van der Waals surface area contributed by atoms with Gasteiger partial charge in [-0.3, -0.25) is 0 Å². The molecule has 0 amide bonds. The molecule has 0 bridgehead atoms. The van der Waals surface area contributed by atoms with Crippen molar-refractivity contribution in [2.24, 2.45) is 0 Å². The zero-order valence-electron chi connectivity index (χ0n) is 10.6.